The van der Waals surface area contributed by atoms with E-state index < -0.39 is 35.9 Å². The number of aliphatic hydroxyl groups is 1. The number of rotatable bonds is 17. The largest absolute Gasteiger partial charge is 0.384 e. The highest BCUT2D eigenvalue weighted by molar-refractivity contribution is 5.87. The third kappa shape index (κ3) is 18.7. The fourth-order valence-electron chi connectivity index (χ4n) is 4.22. The molecule has 2 aromatic carbocycles. The van der Waals surface area contributed by atoms with Crippen molar-refractivity contribution >= 4 is 40.3 Å². The number of carbonyl (C=O) groups excluding carboxylic acids is 5. The van der Waals surface area contributed by atoms with Crippen LogP contribution in [-0.4, -0.2) is 59.4 Å². The van der Waals surface area contributed by atoms with E-state index in [-0.39, 0.29) is 17.7 Å². The molecule has 5 amide bonds. The summed E-state index contributed by atoms with van der Waals surface area (Å²) in [6.45, 7) is 9.84. The van der Waals surface area contributed by atoms with Gasteiger partial charge in [-0.05, 0) is 67.3 Å². The molecular weight excluding hydrogens is 588 g/mol. The van der Waals surface area contributed by atoms with Crippen molar-refractivity contribution in [3.05, 3.63) is 48.0 Å². The number of aliphatic hydroxyl groups excluding tert-OH is 1. The molecule has 4 unspecified atom stereocenters. The molecular formula is C34H56N6O6. The summed E-state index contributed by atoms with van der Waals surface area (Å²) >= 11 is 0. The molecule has 0 heterocycles. The van der Waals surface area contributed by atoms with E-state index >= 15 is 0 Å². The lowest BCUT2D eigenvalue weighted by molar-refractivity contribution is -0.128. The van der Waals surface area contributed by atoms with Gasteiger partial charge in [-0.1, -0.05) is 83.0 Å². The van der Waals surface area contributed by atoms with E-state index in [0.717, 1.165) is 31.2 Å². The number of fused-ring (bicyclic) bond motifs is 1. The number of primary amides is 3. The Morgan fingerprint density at radius 2 is 1.35 bits per heavy atom. The molecule has 0 saturated heterocycles. The van der Waals surface area contributed by atoms with Crippen molar-refractivity contribution in [1.82, 2.24) is 10.6 Å². The zero-order valence-electron chi connectivity index (χ0n) is 28.1. The number of aryl methyl sites for hydroxylation is 1. The average Bonchev–Trinajstić information content (AvgIpc) is 3.00. The predicted molar refractivity (Wildman–Crippen MR) is 182 cm³/mol. The molecule has 0 bridgehead atoms. The fourth-order valence-corrected chi connectivity index (χ4v) is 4.22. The number of hydrogen-bond acceptors (Lipinski definition) is 7. The molecule has 258 valence electrons. The van der Waals surface area contributed by atoms with Crippen LogP contribution in [-0.2, 0) is 30.4 Å². The molecule has 4 atom stereocenters. The summed E-state index contributed by atoms with van der Waals surface area (Å²) in [5.41, 5.74) is 21.6. The average molecular weight is 645 g/mol. The standard InChI is InChI=1S/C19H24N2O2.C12H25N3O2.C3H7NO2/c1-3-13(2)18(19(20)23)21-17(22)11-9-14-8-10-15-6-4-5-7-16(15)12-14;1-9(2)8-10(12(14)17)15-11(16)6-4-3-5-7-13;1-2(5)3(4)6/h4-8,10,12-13,18H,3,9,11H2,1-2H3,(H2,20,23)(H,21,22);9-10H,3-8,13H2,1-2H3,(H2,14,17)(H,15,16);2,5H,1H3,(H2,4,6). The van der Waals surface area contributed by atoms with Gasteiger partial charge in [-0.2, -0.15) is 0 Å². The molecule has 0 radical (unpaired) electrons. The molecule has 0 fully saturated rings. The van der Waals surface area contributed by atoms with Gasteiger partial charge in [0, 0.05) is 12.8 Å². The first kappa shape index (κ1) is 42.0. The molecule has 0 saturated carbocycles. The quantitative estimate of drug-likeness (QED) is 0.127. The summed E-state index contributed by atoms with van der Waals surface area (Å²) < 4.78 is 0. The zero-order valence-corrected chi connectivity index (χ0v) is 28.1. The zero-order chi connectivity index (χ0) is 35.2. The molecule has 0 aliphatic carbocycles. The van der Waals surface area contributed by atoms with Gasteiger partial charge in [-0.25, -0.2) is 0 Å². The maximum atomic E-state index is 12.1. The molecule has 0 aliphatic heterocycles. The minimum absolute atomic E-state index is 0.0390. The Morgan fingerprint density at radius 1 is 0.761 bits per heavy atom. The van der Waals surface area contributed by atoms with E-state index in [1.807, 2.05) is 45.9 Å². The van der Waals surface area contributed by atoms with E-state index in [1.54, 1.807) is 0 Å². The normalized spacial score (nSPS) is 13.1. The Bertz CT molecular complexity index is 1240. The second-order valence-electron chi connectivity index (χ2n) is 11.8. The van der Waals surface area contributed by atoms with Crippen LogP contribution >= 0.6 is 0 Å². The Hall–Kier alpha value is -4.03. The maximum absolute atomic E-state index is 12.1. The fraction of sp³-hybridized carbons (Fsp3) is 0.559. The second-order valence-corrected chi connectivity index (χ2v) is 11.8. The SMILES string of the molecule is CC(C)CC(NC(=O)CCCCCN)C(N)=O.CC(O)C(N)=O.CCC(C)C(NC(=O)CCc1ccc2ccccc2c1)C(N)=O. The Morgan fingerprint density at radius 3 is 1.85 bits per heavy atom. The van der Waals surface area contributed by atoms with Crippen LogP contribution in [0.5, 0.6) is 0 Å². The van der Waals surface area contributed by atoms with Crippen LogP contribution in [0, 0.1) is 11.8 Å². The van der Waals surface area contributed by atoms with Gasteiger partial charge in [-0.15, -0.1) is 0 Å². The summed E-state index contributed by atoms with van der Waals surface area (Å²) in [4.78, 5) is 55.9. The van der Waals surface area contributed by atoms with Crippen LogP contribution in [0.4, 0.5) is 0 Å². The lowest BCUT2D eigenvalue weighted by Crippen LogP contribution is -2.48. The van der Waals surface area contributed by atoms with Crippen molar-refractivity contribution in [2.24, 2.45) is 34.8 Å². The first-order valence-electron chi connectivity index (χ1n) is 15.9. The van der Waals surface area contributed by atoms with E-state index in [1.165, 1.54) is 17.7 Å². The van der Waals surface area contributed by atoms with Gasteiger partial charge in [-0.3, -0.25) is 24.0 Å². The third-order valence-corrected chi connectivity index (χ3v) is 7.20. The molecule has 2 aromatic rings. The van der Waals surface area contributed by atoms with E-state index in [9.17, 15) is 24.0 Å². The van der Waals surface area contributed by atoms with Gasteiger partial charge in [0.15, 0.2) is 0 Å². The van der Waals surface area contributed by atoms with Gasteiger partial charge in [0.25, 0.3) is 0 Å². The molecule has 12 nitrogen and oxygen atoms in total. The highest BCUT2D eigenvalue weighted by atomic mass is 16.3. The van der Waals surface area contributed by atoms with E-state index in [0.29, 0.717) is 38.1 Å². The van der Waals surface area contributed by atoms with Crippen LogP contribution in [0.2, 0.25) is 0 Å². The molecule has 12 heteroatoms. The van der Waals surface area contributed by atoms with Crippen molar-refractivity contribution in [2.45, 2.75) is 104 Å². The minimum atomic E-state index is -1.01. The third-order valence-electron chi connectivity index (χ3n) is 7.20. The summed E-state index contributed by atoms with van der Waals surface area (Å²) in [7, 11) is 0. The molecule has 46 heavy (non-hydrogen) atoms. The number of nitrogens with two attached hydrogens (primary N) is 4. The molecule has 0 aromatic heterocycles. The number of benzene rings is 2. The first-order valence-corrected chi connectivity index (χ1v) is 15.9. The van der Waals surface area contributed by atoms with Crippen molar-refractivity contribution in [3.8, 4) is 0 Å². The molecule has 2 rings (SSSR count). The number of hydrogen-bond donors (Lipinski definition) is 7. The van der Waals surface area contributed by atoms with Crippen molar-refractivity contribution in [3.63, 3.8) is 0 Å². The van der Waals surface area contributed by atoms with Crippen LogP contribution in [0.3, 0.4) is 0 Å². The van der Waals surface area contributed by atoms with E-state index in [4.69, 9.17) is 22.3 Å². The first-order chi connectivity index (χ1) is 21.6. The van der Waals surface area contributed by atoms with Crippen molar-refractivity contribution in [2.75, 3.05) is 6.54 Å². The summed E-state index contributed by atoms with van der Waals surface area (Å²) in [5.74, 6) is -1.50. The maximum Gasteiger partial charge on any atom is 0.245 e. The minimum Gasteiger partial charge on any atom is -0.384 e. The lowest BCUT2D eigenvalue weighted by atomic mass is 9.98. The smallest absolute Gasteiger partial charge is 0.245 e. The molecule has 0 spiro atoms. The number of nitrogens with one attached hydrogen (secondary N) is 2. The van der Waals surface area contributed by atoms with Crippen molar-refractivity contribution < 1.29 is 29.1 Å². The van der Waals surface area contributed by atoms with Crippen LogP contribution < -0.4 is 33.6 Å². The highest BCUT2D eigenvalue weighted by Crippen LogP contribution is 2.17. The van der Waals surface area contributed by atoms with Gasteiger partial charge < -0.3 is 38.7 Å². The van der Waals surface area contributed by atoms with Crippen LogP contribution in [0.25, 0.3) is 10.8 Å². The van der Waals surface area contributed by atoms with Crippen LogP contribution in [0.15, 0.2) is 42.5 Å². The Kier molecular flexibility index (Phi) is 21.3. The number of unbranched alkanes of at least 4 members (excludes halogenated alkanes) is 2. The second kappa shape index (κ2) is 23.3. The van der Waals surface area contributed by atoms with Gasteiger partial charge >= 0.3 is 0 Å². The van der Waals surface area contributed by atoms with E-state index in [2.05, 4.69) is 40.6 Å². The summed E-state index contributed by atoms with van der Waals surface area (Å²) in [6, 6.07) is 13.2. The highest BCUT2D eigenvalue weighted by Gasteiger charge is 2.23. The monoisotopic (exact) mass is 644 g/mol. The van der Waals surface area contributed by atoms with Gasteiger partial charge in [0.05, 0.1) is 0 Å². The van der Waals surface area contributed by atoms with Crippen LogP contribution in [0.1, 0.15) is 85.1 Å². The molecule has 11 N–H and O–H groups in total. The van der Waals surface area contributed by atoms with Gasteiger partial charge in [0.1, 0.15) is 18.2 Å². The Labute approximate surface area is 273 Å². The summed E-state index contributed by atoms with van der Waals surface area (Å²) in [5, 5.41) is 15.9. The summed E-state index contributed by atoms with van der Waals surface area (Å²) in [6.07, 6.45) is 4.46. The predicted octanol–water partition coefficient (Wildman–Crippen LogP) is 2.16. The van der Waals surface area contributed by atoms with Crippen molar-refractivity contribution in [1.29, 1.82) is 0 Å². The number of carbonyl (C=O) groups is 5. The number of amides is 5. The topological polar surface area (TPSA) is 234 Å². The van der Waals surface area contributed by atoms with Gasteiger partial charge in [0.2, 0.25) is 29.5 Å². The molecule has 0 aliphatic rings. The lowest BCUT2D eigenvalue weighted by Gasteiger charge is -2.21. The Balaban J connectivity index is 0.000000774.